The number of carbonyl (C=O) groups is 2. The summed E-state index contributed by atoms with van der Waals surface area (Å²) in [4.78, 5) is 22.3. The molecule has 0 saturated heterocycles. The fraction of sp³-hybridized carbons (Fsp3) is 0.818. The molecule has 0 amide bonds. The second-order valence-electron chi connectivity index (χ2n) is 4.46. The fourth-order valence-electron chi connectivity index (χ4n) is 0.760. The standard InChI is InChI=1S/C11H20O5/c1-6-14-10(13)16-8(2)7-15-9(12)11(3,4)5/h8H,6-7H2,1-5H3. The van der Waals surface area contributed by atoms with Gasteiger partial charge < -0.3 is 14.2 Å². The fourth-order valence-corrected chi connectivity index (χ4v) is 0.760. The van der Waals surface area contributed by atoms with Gasteiger partial charge >= 0.3 is 12.1 Å². The predicted molar refractivity (Wildman–Crippen MR) is 58.0 cm³/mol. The molecular weight excluding hydrogens is 212 g/mol. The summed E-state index contributed by atoms with van der Waals surface area (Å²) in [6, 6.07) is 0. The molecule has 0 aliphatic heterocycles. The molecule has 0 aliphatic rings. The van der Waals surface area contributed by atoms with Crippen LogP contribution in [-0.4, -0.2) is 31.4 Å². The third-order valence-corrected chi connectivity index (χ3v) is 1.62. The lowest BCUT2D eigenvalue weighted by atomic mass is 9.97. The molecule has 1 unspecified atom stereocenters. The van der Waals surface area contributed by atoms with Gasteiger partial charge in [-0.15, -0.1) is 0 Å². The zero-order chi connectivity index (χ0) is 12.8. The van der Waals surface area contributed by atoms with Crippen LogP contribution in [0.3, 0.4) is 0 Å². The molecule has 0 aliphatic carbocycles. The maximum Gasteiger partial charge on any atom is 0.508 e. The Kier molecular flexibility index (Phi) is 5.85. The van der Waals surface area contributed by atoms with Crippen molar-refractivity contribution in [2.45, 2.75) is 40.7 Å². The molecule has 0 aromatic heterocycles. The minimum absolute atomic E-state index is 0.0366. The SMILES string of the molecule is CCOC(=O)OC(C)COC(=O)C(C)(C)C. The van der Waals surface area contributed by atoms with Crippen molar-refractivity contribution < 1.29 is 23.8 Å². The summed E-state index contributed by atoms with van der Waals surface area (Å²) in [6.45, 7) is 8.88. The number of ether oxygens (including phenoxy) is 3. The second-order valence-corrected chi connectivity index (χ2v) is 4.46. The van der Waals surface area contributed by atoms with Gasteiger partial charge in [-0.1, -0.05) is 0 Å². The highest BCUT2D eigenvalue weighted by Crippen LogP contribution is 2.15. The molecule has 0 N–H and O–H groups in total. The average Bonchev–Trinajstić information content (AvgIpc) is 2.12. The van der Waals surface area contributed by atoms with Gasteiger partial charge in [-0.25, -0.2) is 4.79 Å². The molecule has 0 spiro atoms. The monoisotopic (exact) mass is 232 g/mol. The van der Waals surface area contributed by atoms with E-state index in [1.165, 1.54) is 0 Å². The maximum absolute atomic E-state index is 11.4. The van der Waals surface area contributed by atoms with Crippen molar-refractivity contribution in [1.29, 1.82) is 0 Å². The Morgan fingerprint density at radius 2 is 1.75 bits per heavy atom. The highest BCUT2D eigenvalue weighted by atomic mass is 16.7. The van der Waals surface area contributed by atoms with Crippen molar-refractivity contribution in [3.05, 3.63) is 0 Å². The quantitative estimate of drug-likeness (QED) is 0.695. The van der Waals surface area contributed by atoms with Gasteiger partial charge in [-0.2, -0.15) is 0 Å². The lowest BCUT2D eigenvalue weighted by Gasteiger charge is -2.18. The first kappa shape index (κ1) is 14.7. The van der Waals surface area contributed by atoms with Crippen LogP contribution in [0.25, 0.3) is 0 Å². The molecule has 16 heavy (non-hydrogen) atoms. The summed E-state index contributed by atoms with van der Waals surface area (Å²) in [7, 11) is 0. The largest absolute Gasteiger partial charge is 0.508 e. The topological polar surface area (TPSA) is 61.8 Å². The summed E-state index contributed by atoms with van der Waals surface area (Å²) < 4.78 is 14.4. The third kappa shape index (κ3) is 6.27. The molecule has 0 bridgehead atoms. The van der Waals surface area contributed by atoms with Crippen LogP contribution < -0.4 is 0 Å². The average molecular weight is 232 g/mol. The molecule has 0 rings (SSSR count). The number of hydrogen-bond donors (Lipinski definition) is 0. The van der Waals surface area contributed by atoms with Crippen molar-refractivity contribution in [1.82, 2.24) is 0 Å². The summed E-state index contributed by atoms with van der Waals surface area (Å²) in [5.74, 6) is -0.327. The molecule has 1 atom stereocenters. The normalized spacial score (nSPS) is 12.8. The first-order valence-electron chi connectivity index (χ1n) is 5.28. The Balaban J connectivity index is 3.86. The number of carbonyl (C=O) groups excluding carboxylic acids is 2. The maximum atomic E-state index is 11.4. The molecule has 5 nitrogen and oxygen atoms in total. The van der Waals surface area contributed by atoms with E-state index in [0.717, 1.165) is 0 Å². The number of esters is 1. The molecule has 0 radical (unpaired) electrons. The molecule has 0 aromatic rings. The second kappa shape index (κ2) is 6.35. The van der Waals surface area contributed by atoms with Crippen LogP contribution in [0.5, 0.6) is 0 Å². The molecule has 0 heterocycles. The Morgan fingerprint density at radius 3 is 2.19 bits per heavy atom. The highest BCUT2D eigenvalue weighted by Gasteiger charge is 2.24. The highest BCUT2D eigenvalue weighted by molar-refractivity contribution is 5.75. The zero-order valence-corrected chi connectivity index (χ0v) is 10.5. The number of hydrogen-bond acceptors (Lipinski definition) is 5. The molecular formula is C11H20O5. The van der Waals surface area contributed by atoms with E-state index in [2.05, 4.69) is 4.74 Å². The van der Waals surface area contributed by atoms with Crippen LogP contribution in [-0.2, 0) is 19.0 Å². The van der Waals surface area contributed by atoms with Gasteiger partial charge in [-0.3, -0.25) is 4.79 Å². The van der Waals surface area contributed by atoms with Gasteiger partial charge in [0.1, 0.15) is 12.7 Å². The van der Waals surface area contributed by atoms with Gasteiger partial charge in [0.2, 0.25) is 0 Å². The molecule has 0 aromatic carbocycles. The predicted octanol–water partition coefficient (Wildman–Crippen LogP) is 2.14. The van der Waals surface area contributed by atoms with Gasteiger partial charge in [0.15, 0.2) is 0 Å². The summed E-state index contributed by atoms with van der Waals surface area (Å²) in [5.41, 5.74) is -0.552. The lowest BCUT2D eigenvalue weighted by Crippen LogP contribution is -2.28. The van der Waals surface area contributed by atoms with E-state index < -0.39 is 17.7 Å². The van der Waals surface area contributed by atoms with Gasteiger partial charge in [0.25, 0.3) is 0 Å². The Hall–Kier alpha value is -1.26. The van der Waals surface area contributed by atoms with E-state index >= 15 is 0 Å². The van der Waals surface area contributed by atoms with Crippen LogP contribution in [0, 0.1) is 5.41 Å². The van der Waals surface area contributed by atoms with E-state index in [-0.39, 0.29) is 19.2 Å². The zero-order valence-electron chi connectivity index (χ0n) is 10.5. The Morgan fingerprint density at radius 1 is 1.19 bits per heavy atom. The van der Waals surface area contributed by atoms with Crippen LogP contribution in [0.1, 0.15) is 34.6 Å². The minimum Gasteiger partial charge on any atom is -0.461 e. The van der Waals surface area contributed by atoms with Crippen LogP contribution in [0.15, 0.2) is 0 Å². The van der Waals surface area contributed by atoms with E-state index in [4.69, 9.17) is 9.47 Å². The summed E-state index contributed by atoms with van der Waals surface area (Å²) in [5, 5.41) is 0. The lowest BCUT2D eigenvalue weighted by molar-refractivity contribution is -0.156. The van der Waals surface area contributed by atoms with E-state index in [0.29, 0.717) is 0 Å². The van der Waals surface area contributed by atoms with Crippen molar-refractivity contribution in [3.8, 4) is 0 Å². The van der Waals surface area contributed by atoms with E-state index in [1.54, 1.807) is 34.6 Å². The van der Waals surface area contributed by atoms with Crippen LogP contribution in [0.4, 0.5) is 4.79 Å². The van der Waals surface area contributed by atoms with Gasteiger partial charge in [-0.05, 0) is 34.6 Å². The molecule has 0 saturated carbocycles. The van der Waals surface area contributed by atoms with Crippen molar-refractivity contribution in [2.75, 3.05) is 13.2 Å². The van der Waals surface area contributed by atoms with E-state index in [1.807, 2.05) is 0 Å². The Bertz CT molecular complexity index is 241. The van der Waals surface area contributed by atoms with Crippen LogP contribution in [0.2, 0.25) is 0 Å². The summed E-state index contributed by atoms with van der Waals surface area (Å²) in [6.07, 6.45) is -1.26. The minimum atomic E-state index is -0.748. The van der Waals surface area contributed by atoms with Crippen molar-refractivity contribution in [2.24, 2.45) is 5.41 Å². The van der Waals surface area contributed by atoms with Crippen LogP contribution >= 0.6 is 0 Å². The first-order chi connectivity index (χ1) is 7.27. The first-order valence-corrected chi connectivity index (χ1v) is 5.28. The van der Waals surface area contributed by atoms with Crippen molar-refractivity contribution >= 4 is 12.1 Å². The summed E-state index contributed by atoms with van der Waals surface area (Å²) >= 11 is 0. The molecule has 0 fully saturated rings. The molecule has 5 heteroatoms. The van der Waals surface area contributed by atoms with Gasteiger partial charge in [0, 0.05) is 0 Å². The van der Waals surface area contributed by atoms with Gasteiger partial charge in [0.05, 0.1) is 12.0 Å². The Labute approximate surface area is 96.1 Å². The number of rotatable bonds is 4. The third-order valence-electron chi connectivity index (χ3n) is 1.62. The van der Waals surface area contributed by atoms with Crippen molar-refractivity contribution in [3.63, 3.8) is 0 Å². The molecule has 94 valence electrons. The smallest absolute Gasteiger partial charge is 0.461 e. The van der Waals surface area contributed by atoms with E-state index in [9.17, 15) is 9.59 Å².